The number of nitro benzene ring substituents is 1. The molecule has 0 saturated carbocycles. The number of non-ortho nitro benzene ring substituents is 1. The maximum Gasteiger partial charge on any atom is 0.310 e. The van der Waals surface area contributed by atoms with Crippen molar-refractivity contribution in [2.45, 2.75) is 13.0 Å². The van der Waals surface area contributed by atoms with E-state index in [1.165, 1.54) is 12.1 Å². The third-order valence-electron chi connectivity index (χ3n) is 2.81. The highest BCUT2D eigenvalue weighted by atomic mass is 35.5. The summed E-state index contributed by atoms with van der Waals surface area (Å²) in [6, 6.07) is 12.8. The first-order chi connectivity index (χ1) is 10.0. The lowest BCUT2D eigenvalue weighted by Gasteiger charge is -2.05. The van der Waals surface area contributed by atoms with Crippen molar-refractivity contribution in [3.63, 3.8) is 0 Å². The van der Waals surface area contributed by atoms with Gasteiger partial charge in [-0.2, -0.15) is 0 Å². The molecule has 0 aliphatic rings. The van der Waals surface area contributed by atoms with Crippen molar-refractivity contribution in [1.82, 2.24) is 0 Å². The second kappa shape index (κ2) is 6.85. The van der Waals surface area contributed by atoms with Gasteiger partial charge in [-0.15, -0.1) is 0 Å². The van der Waals surface area contributed by atoms with Crippen LogP contribution in [0, 0.1) is 10.1 Å². The molecular formula is C15H12ClNO4. The average molecular weight is 306 g/mol. The molecule has 2 aromatic carbocycles. The van der Waals surface area contributed by atoms with Crippen LogP contribution in [0.2, 0.25) is 5.02 Å². The highest BCUT2D eigenvalue weighted by molar-refractivity contribution is 6.30. The molecule has 5 nitrogen and oxygen atoms in total. The minimum atomic E-state index is -0.483. The van der Waals surface area contributed by atoms with Crippen molar-refractivity contribution in [2.24, 2.45) is 0 Å². The van der Waals surface area contributed by atoms with E-state index >= 15 is 0 Å². The van der Waals surface area contributed by atoms with Gasteiger partial charge in [-0.25, -0.2) is 0 Å². The van der Waals surface area contributed by atoms with E-state index in [4.69, 9.17) is 16.3 Å². The largest absolute Gasteiger partial charge is 0.461 e. The van der Waals surface area contributed by atoms with Crippen LogP contribution in [0.15, 0.2) is 48.5 Å². The van der Waals surface area contributed by atoms with E-state index in [-0.39, 0.29) is 24.7 Å². The van der Waals surface area contributed by atoms with Crippen molar-refractivity contribution in [3.05, 3.63) is 74.8 Å². The van der Waals surface area contributed by atoms with Crippen LogP contribution in [0.3, 0.4) is 0 Å². The Morgan fingerprint density at radius 3 is 2.19 bits per heavy atom. The molecule has 0 aromatic heterocycles. The van der Waals surface area contributed by atoms with Crippen LogP contribution in [-0.4, -0.2) is 10.9 Å². The summed E-state index contributed by atoms with van der Waals surface area (Å²) in [4.78, 5) is 21.7. The Bertz CT molecular complexity index is 638. The second-order valence-corrected chi connectivity index (χ2v) is 4.82. The fourth-order valence-electron chi connectivity index (χ4n) is 1.70. The molecule has 6 heteroatoms. The lowest BCUT2D eigenvalue weighted by Crippen LogP contribution is -2.08. The van der Waals surface area contributed by atoms with Crippen molar-refractivity contribution in [2.75, 3.05) is 0 Å². The van der Waals surface area contributed by atoms with Crippen LogP contribution in [0.25, 0.3) is 0 Å². The third-order valence-corrected chi connectivity index (χ3v) is 3.06. The molecule has 0 heterocycles. The molecule has 0 spiro atoms. The molecule has 0 unspecified atom stereocenters. The highest BCUT2D eigenvalue weighted by Crippen LogP contribution is 2.13. The average Bonchev–Trinajstić information content (AvgIpc) is 2.47. The standard InChI is InChI=1S/C15H12ClNO4/c16-13-5-1-12(2-6-13)10-21-15(18)9-11-3-7-14(8-4-11)17(19)20/h1-8H,9-10H2. The molecule has 0 N–H and O–H groups in total. The summed E-state index contributed by atoms with van der Waals surface area (Å²) < 4.78 is 5.13. The normalized spacial score (nSPS) is 10.1. The molecule has 108 valence electrons. The molecular weight excluding hydrogens is 294 g/mol. The van der Waals surface area contributed by atoms with Gasteiger partial charge in [0.05, 0.1) is 11.3 Å². The molecule has 0 bridgehead atoms. The van der Waals surface area contributed by atoms with Crippen LogP contribution in [0.5, 0.6) is 0 Å². The number of carbonyl (C=O) groups excluding carboxylic acids is 1. The number of hydrogen-bond donors (Lipinski definition) is 0. The molecule has 0 radical (unpaired) electrons. The Kier molecular flexibility index (Phi) is 4.90. The molecule has 0 amide bonds. The zero-order valence-corrected chi connectivity index (χ0v) is 11.7. The van der Waals surface area contributed by atoms with Gasteiger partial charge in [-0.05, 0) is 23.3 Å². The van der Waals surface area contributed by atoms with Crippen LogP contribution in [0.4, 0.5) is 5.69 Å². The lowest BCUT2D eigenvalue weighted by atomic mass is 10.1. The van der Waals surface area contributed by atoms with Gasteiger partial charge in [0, 0.05) is 17.2 Å². The summed E-state index contributed by atoms with van der Waals surface area (Å²) in [5.41, 5.74) is 1.51. The summed E-state index contributed by atoms with van der Waals surface area (Å²) in [7, 11) is 0. The predicted octanol–water partition coefficient (Wildman–Crippen LogP) is 3.53. The number of rotatable bonds is 5. The first-order valence-corrected chi connectivity index (χ1v) is 6.56. The number of halogens is 1. The maximum absolute atomic E-state index is 11.7. The first kappa shape index (κ1) is 15.0. The second-order valence-electron chi connectivity index (χ2n) is 4.39. The van der Waals surface area contributed by atoms with E-state index in [1.807, 2.05) is 0 Å². The van der Waals surface area contributed by atoms with Gasteiger partial charge in [-0.3, -0.25) is 14.9 Å². The molecule has 2 aromatic rings. The SMILES string of the molecule is O=C(Cc1ccc([N+](=O)[O-])cc1)OCc1ccc(Cl)cc1. The molecule has 0 aliphatic heterocycles. The predicted molar refractivity (Wildman–Crippen MR) is 78.0 cm³/mol. The van der Waals surface area contributed by atoms with Gasteiger partial charge in [0.25, 0.3) is 5.69 Å². The van der Waals surface area contributed by atoms with E-state index in [9.17, 15) is 14.9 Å². The summed E-state index contributed by atoms with van der Waals surface area (Å²) in [6.45, 7) is 0.170. The smallest absolute Gasteiger partial charge is 0.310 e. The zero-order valence-electron chi connectivity index (χ0n) is 11.0. The highest BCUT2D eigenvalue weighted by Gasteiger charge is 2.08. The molecule has 0 atom stereocenters. The summed E-state index contributed by atoms with van der Waals surface area (Å²) in [5.74, 6) is -0.390. The van der Waals surface area contributed by atoms with Gasteiger partial charge in [0.2, 0.25) is 0 Å². The van der Waals surface area contributed by atoms with Crippen LogP contribution < -0.4 is 0 Å². The first-order valence-electron chi connectivity index (χ1n) is 6.18. The molecule has 0 saturated heterocycles. The number of hydrogen-bond acceptors (Lipinski definition) is 4. The summed E-state index contributed by atoms with van der Waals surface area (Å²) >= 11 is 5.76. The summed E-state index contributed by atoms with van der Waals surface area (Å²) in [6.07, 6.45) is 0.0750. The van der Waals surface area contributed by atoms with Gasteiger partial charge in [0.15, 0.2) is 0 Å². The Balaban J connectivity index is 1.86. The van der Waals surface area contributed by atoms with E-state index in [2.05, 4.69) is 0 Å². The number of ether oxygens (including phenoxy) is 1. The summed E-state index contributed by atoms with van der Waals surface area (Å²) in [5, 5.41) is 11.1. The fourth-order valence-corrected chi connectivity index (χ4v) is 1.82. The topological polar surface area (TPSA) is 69.4 Å². The molecule has 21 heavy (non-hydrogen) atoms. The number of esters is 1. The van der Waals surface area contributed by atoms with E-state index in [0.29, 0.717) is 10.6 Å². The van der Waals surface area contributed by atoms with Crippen molar-refractivity contribution in [3.8, 4) is 0 Å². The van der Waals surface area contributed by atoms with Crippen LogP contribution >= 0.6 is 11.6 Å². The van der Waals surface area contributed by atoms with Gasteiger partial charge in [-0.1, -0.05) is 35.9 Å². The van der Waals surface area contributed by atoms with Gasteiger partial charge < -0.3 is 4.74 Å². The molecule has 0 aliphatic carbocycles. The van der Waals surface area contributed by atoms with Crippen LogP contribution in [0.1, 0.15) is 11.1 Å². The van der Waals surface area contributed by atoms with E-state index in [1.54, 1.807) is 36.4 Å². The monoisotopic (exact) mass is 305 g/mol. The van der Waals surface area contributed by atoms with Crippen molar-refractivity contribution < 1.29 is 14.5 Å². The van der Waals surface area contributed by atoms with Crippen molar-refractivity contribution in [1.29, 1.82) is 0 Å². The maximum atomic E-state index is 11.7. The number of nitro groups is 1. The van der Waals surface area contributed by atoms with E-state index < -0.39 is 4.92 Å². The number of nitrogens with zero attached hydrogens (tertiary/aromatic N) is 1. The Morgan fingerprint density at radius 2 is 1.62 bits per heavy atom. The van der Waals surface area contributed by atoms with Crippen molar-refractivity contribution >= 4 is 23.3 Å². The Labute approximate surface area is 126 Å². The molecule has 0 fully saturated rings. The Morgan fingerprint density at radius 1 is 1.05 bits per heavy atom. The molecule has 2 rings (SSSR count). The minimum absolute atomic E-state index is 0.00622. The van der Waals surface area contributed by atoms with Gasteiger partial charge in [0.1, 0.15) is 6.61 Å². The number of carbonyl (C=O) groups is 1. The number of benzene rings is 2. The quantitative estimate of drug-likeness (QED) is 0.481. The zero-order chi connectivity index (χ0) is 15.2. The Hall–Kier alpha value is -2.40. The minimum Gasteiger partial charge on any atom is -0.461 e. The third kappa shape index (κ3) is 4.57. The van der Waals surface area contributed by atoms with Crippen LogP contribution in [-0.2, 0) is 22.6 Å². The van der Waals surface area contributed by atoms with Gasteiger partial charge >= 0.3 is 5.97 Å². The lowest BCUT2D eigenvalue weighted by molar-refractivity contribution is -0.384. The van der Waals surface area contributed by atoms with E-state index in [0.717, 1.165) is 5.56 Å². The fraction of sp³-hybridized carbons (Fsp3) is 0.133.